The number of Topliss-reactive ketones (excluding diaryl/α,β-unsaturated/α-hetero) is 1. The topological polar surface area (TPSA) is 38.8 Å². The van der Waals surface area contributed by atoms with Crippen molar-refractivity contribution in [2.24, 2.45) is 0 Å². The molecule has 0 atom stereocenters. The number of methoxy groups -OCH3 is 2. The second kappa shape index (κ2) is 9.23. The van der Waals surface area contributed by atoms with E-state index in [1.807, 2.05) is 19.9 Å². The lowest BCUT2D eigenvalue weighted by molar-refractivity contribution is 0.0877. The molecule has 0 saturated heterocycles. The first-order valence-electron chi connectivity index (χ1n) is 6.89. The van der Waals surface area contributed by atoms with Gasteiger partial charge in [0.05, 0.1) is 13.2 Å². The van der Waals surface area contributed by atoms with Gasteiger partial charge in [-0.3, -0.25) is 9.69 Å². The first-order chi connectivity index (χ1) is 9.58. The smallest absolute Gasteiger partial charge is 0.177 e. The Morgan fingerprint density at radius 3 is 2.45 bits per heavy atom. The van der Waals surface area contributed by atoms with Crippen LogP contribution < -0.4 is 0 Å². The Kier molecular flexibility index (Phi) is 7.99. The normalized spacial score (nSPS) is 11.2. The second-order valence-electron chi connectivity index (χ2n) is 4.87. The monoisotopic (exact) mass is 299 g/mol. The third kappa shape index (κ3) is 5.71. The Hall–Kier alpha value is -0.750. The minimum absolute atomic E-state index is 0.195. The molecule has 0 radical (unpaired) electrons. The van der Waals surface area contributed by atoms with Crippen LogP contribution in [0, 0.1) is 13.8 Å². The maximum absolute atomic E-state index is 12.4. The lowest BCUT2D eigenvalue weighted by Crippen LogP contribution is -2.34. The van der Waals surface area contributed by atoms with Gasteiger partial charge in [-0.05, 0) is 26.3 Å². The zero-order valence-corrected chi connectivity index (χ0v) is 13.7. The van der Waals surface area contributed by atoms with E-state index in [0.29, 0.717) is 19.8 Å². The molecule has 5 heteroatoms. The Bertz CT molecular complexity index is 417. The number of carbonyl (C=O) groups excluding carboxylic acids is 1. The summed E-state index contributed by atoms with van der Waals surface area (Å²) >= 11 is 1.68. The fourth-order valence-corrected chi connectivity index (χ4v) is 3.06. The third-order valence-corrected chi connectivity index (χ3v) is 4.11. The predicted molar refractivity (Wildman–Crippen MR) is 82.9 cm³/mol. The number of aryl methyl sites for hydroxylation is 2. The summed E-state index contributed by atoms with van der Waals surface area (Å²) in [5.74, 6) is 0.195. The molecule has 0 amide bonds. The number of hydrogen-bond acceptors (Lipinski definition) is 5. The Labute approximate surface area is 125 Å². The zero-order chi connectivity index (χ0) is 15.0. The van der Waals surface area contributed by atoms with Gasteiger partial charge in [-0.1, -0.05) is 0 Å². The maximum Gasteiger partial charge on any atom is 0.177 e. The van der Waals surface area contributed by atoms with E-state index in [-0.39, 0.29) is 5.78 Å². The number of nitrogens with zero attached hydrogens (tertiary/aromatic N) is 1. The van der Waals surface area contributed by atoms with Crippen LogP contribution in [-0.4, -0.2) is 57.8 Å². The second-order valence-corrected chi connectivity index (χ2v) is 6.33. The Morgan fingerprint density at radius 1 is 1.20 bits per heavy atom. The maximum atomic E-state index is 12.4. The Balaban J connectivity index is 2.58. The van der Waals surface area contributed by atoms with Crippen LogP contribution in [0.15, 0.2) is 6.07 Å². The highest BCUT2D eigenvalue weighted by Crippen LogP contribution is 2.21. The third-order valence-electron chi connectivity index (χ3n) is 3.14. The molecule has 0 bridgehead atoms. The van der Waals surface area contributed by atoms with E-state index in [4.69, 9.17) is 9.47 Å². The molecule has 1 rings (SSSR count). The van der Waals surface area contributed by atoms with Gasteiger partial charge in [0.15, 0.2) is 5.78 Å². The number of thiophene rings is 1. The van der Waals surface area contributed by atoms with Gasteiger partial charge in [0.2, 0.25) is 0 Å². The molecule has 0 aliphatic heterocycles. The van der Waals surface area contributed by atoms with Gasteiger partial charge < -0.3 is 9.47 Å². The van der Waals surface area contributed by atoms with Gasteiger partial charge in [-0.2, -0.15) is 0 Å². The summed E-state index contributed by atoms with van der Waals surface area (Å²) < 4.78 is 10.2. The molecule has 20 heavy (non-hydrogen) atoms. The van der Waals surface area contributed by atoms with Crippen LogP contribution in [0.3, 0.4) is 0 Å². The number of ketones is 1. The van der Waals surface area contributed by atoms with Crippen LogP contribution in [0.5, 0.6) is 0 Å². The van der Waals surface area contributed by atoms with Crippen LogP contribution in [0.25, 0.3) is 0 Å². The van der Waals surface area contributed by atoms with Crippen molar-refractivity contribution in [3.8, 4) is 0 Å². The van der Waals surface area contributed by atoms with E-state index in [1.165, 1.54) is 4.88 Å². The summed E-state index contributed by atoms with van der Waals surface area (Å²) in [6.45, 7) is 7.48. The van der Waals surface area contributed by atoms with Crippen molar-refractivity contribution < 1.29 is 14.3 Å². The van der Waals surface area contributed by atoms with Gasteiger partial charge in [0.1, 0.15) is 0 Å². The van der Waals surface area contributed by atoms with Gasteiger partial charge >= 0.3 is 0 Å². The summed E-state index contributed by atoms with van der Waals surface area (Å²) in [6.07, 6.45) is 0.926. The van der Waals surface area contributed by atoms with E-state index in [9.17, 15) is 4.79 Å². The zero-order valence-electron chi connectivity index (χ0n) is 12.9. The van der Waals surface area contributed by atoms with Crippen LogP contribution >= 0.6 is 11.3 Å². The molecule has 0 aromatic carbocycles. The summed E-state index contributed by atoms with van der Waals surface area (Å²) in [6, 6.07) is 1.99. The molecule has 0 fully saturated rings. The van der Waals surface area contributed by atoms with Gasteiger partial charge in [-0.15, -0.1) is 11.3 Å². The summed E-state index contributed by atoms with van der Waals surface area (Å²) in [5.41, 5.74) is 0.863. The molecule has 114 valence electrons. The van der Waals surface area contributed by atoms with E-state index in [1.54, 1.807) is 25.6 Å². The molecule has 1 aromatic heterocycles. The standard InChI is InChI=1S/C15H25NO3S/c1-12-10-14(13(2)20-12)15(17)11-16(7-9-19-4)6-5-8-18-3/h10H,5-9,11H2,1-4H3. The lowest BCUT2D eigenvalue weighted by atomic mass is 10.1. The average Bonchev–Trinajstić information content (AvgIpc) is 2.75. The highest BCUT2D eigenvalue weighted by molar-refractivity contribution is 7.12. The first kappa shape index (κ1) is 17.3. The molecule has 0 N–H and O–H groups in total. The van der Waals surface area contributed by atoms with Gasteiger partial charge in [-0.25, -0.2) is 0 Å². The van der Waals surface area contributed by atoms with Crippen molar-refractivity contribution in [2.45, 2.75) is 20.3 Å². The van der Waals surface area contributed by atoms with Gasteiger partial charge in [0, 0.05) is 49.2 Å². The highest BCUT2D eigenvalue weighted by atomic mass is 32.1. The fraction of sp³-hybridized carbons (Fsp3) is 0.667. The number of carbonyl (C=O) groups is 1. The van der Waals surface area contributed by atoms with Crippen LogP contribution in [-0.2, 0) is 9.47 Å². The van der Waals surface area contributed by atoms with Crippen molar-refractivity contribution in [1.82, 2.24) is 4.90 Å². The lowest BCUT2D eigenvalue weighted by Gasteiger charge is -2.21. The molecule has 1 heterocycles. The largest absolute Gasteiger partial charge is 0.385 e. The van der Waals surface area contributed by atoms with Crippen molar-refractivity contribution >= 4 is 17.1 Å². The van der Waals surface area contributed by atoms with Crippen molar-refractivity contribution in [3.05, 3.63) is 21.4 Å². The van der Waals surface area contributed by atoms with Crippen LogP contribution in [0.2, 0.25) is 0 Å². The quantitative estimate of drug-likeness (QED) is 0.491. The summed E-state index contributed by atoms with van der Waals surface area (Å²) in [7, 11) is 3.38. The number of ether oxygens (including phenoxy) is 2. The minimum Gasteiger partial charge on any atom is -0.385 e. The minimum atomic E-state index is 0.195. The van der Waals surface area contributed by atoms with Gasteiger partial charge in [0.25, 0.3) is 0 Å². The van der Waals surface area contributed by atoms with Crippen LogP contribution in [0.1, 0.15) is 26.5 Å². The molecule has 0 unspecified atom stereocenters. The van der Waals surface area contributed by atoms with Crippen LogP contribution in [0.4, 0.5) is 0 Å². The van der Waals surface area contributed by atoms with E-state index >= 15 is 0 Å². The van der Waals surface area contributed by atoms with E-state index in [0.717, 1.165) is 30.0 Å². The average molecular weight is 299 g/mol. The predicted octanol–water partition coefficient (Wildman–Crippen LogP) is 2.53. The molecule has 0 saturated carbocycles. The number of hydrogen-bond donors (Lipinski definition) is 0. The summed E-state index contributed by atoms with van der Waals surface area (Å²) in [5, 5.41) is 0. The molecule has 0 aliphatic carbocycles. The first-order valence-corrected chi connectivity index (χ1v) is 7.70. The van der Waals surface area contributed by atoms with Crippen molar-refractivity contribution in [2.75, 3.05) is 47.1 Å². The van der Waals surface area contributed by atoms with E-state index < -0.39 is 0 Å². The van der Waals surface area contributed by atoms with Crippen molar-refractivity contribution in [3.63, 3.8) is 0 Å². The summed E-state index contributed by atoms with van der Waals surface area (Å²) in [4.78, 5) is 16.8. The molecular weight excluding hydrogens is 274 g/mol. The number of rotatable bonds is 10. The van der Waals surface area contributed by atoms with Crippen molar-refractivity contribution in [1.29, 1.82) is 0 Å². The highest BCUT2D eigenvalue weighted by Gasteiger charge is 2.16. The fourth-order valence-electron chi connectivity index (χ4n) is 2.12. The SMILES string of the molecule is COCCCN(CCOC)CC(=O)c1cc(C)sc1C. The molecular formula is C15H25NO3S. The molecule has 0 aliphatic rings. The molecule has 0 spiro atoms. The Morgan fingerprint density at radius 2 is 1.90 bits per heavy atom. The van der Waals surface area contributed by atoms with E-state index in [2.05, 4.69) is 4.90 Å². The molecule has 4 nitrogen and oxygen atoms in total. The molecule has 1 aromatic rings.